The van der Waals surface area contributed by atoms with Gasteiger partial charge in [0.2, 0.25) is 0 Å². The Morgan fingerprint density at radius 2 is 2.39 bits per heavy atom. The van der Waals surface area contributed by atoms with Gasteiger partial charge in [-0.15, -0.1) is 24.0 Å². The SMILES string of the molecule is CC1CCCN(C(N)=NCc2ccccn2)C1.I. The van der Waals surface area contributed by atoms with Crippen molar-refractivity contribution >= 4 is 29.9 Å². The van der Waals surface area contributed by atoms with Gasteiger partial charge in [-0.2, -0.15) is 0 Å². The number of hydrogen-bond donors (Lipinski definition) is 1. The molecule has 2 N–H and O–H groups in total. The Balaban J connectivity index is 0.00000162. The van der Waals surface area contributed by atoms with E-state index in [1.165, 1.54) is 12.8 Å². The van der Waals surface area contributed by atoms with Gasteiger partial charge in [-0.3, -0.25) is 4.98 Å². The van der Waals surface area contributed by atoms with Gasteiger partial charge in [-0.1, -0.05) is 13.0 Å². The van der Waals surface area contributed by atoms with E-state index in [2.05, 4.69) is 21.8 Å². The number of halogens is 1. The normalized spacial score (nSPS) is 20.4. The molecule has 0 bridgehead atoms. The Kier molecular flexibility index (Phi) is 6.38. The van der Waals surface area contributed by atoms with E-state index in [9.17, 15) is 0 Å². The number of rotatable bonds is 2. The molecule has 1 aliphatic heterocycles. The van der Waals surface area contributed by atoms with Crippen molar-refractivity contribution in [3.8, 4) is 0 Å². The summed E-state index contributed by atoms with van der Waals surface area (Å²) < 4.78 is 0. The maximum absolute atomic E-state index is 6.01. The number of nitrogens with two attached hydrogens (primary N) is 1. The highest BCUT2D eigenvalue weighted by Crippen LogP contribution is 2.14. The van der Waals surface area contributed by atoms with Gasteiger partial charge in [0.15, 0.2) is 5.96 Å². The standard InChI is InChI=1S/C13H20N4.HI/c1-11-5-4-8-17(10-11)13(14)16-9-12-6-2-3-7-15-12;/h2-3,6-7,11H,4-5,8-10H2,1H3,(H2,14,16);1H. The average Bonchev–Trinajstić information content (AvgIpc) is 2.37. The van der Waals surface area contributed by atoms with Gasteiger partial charge >= 0.3 is 0 Å². The van der Waals surface area contributed by atoms with Crippen LogP contribution in [0, 0.1) is 5.92 Å². The molecule has 1 aliphatic rings. The first-order valence-electron chi connectivity index (χ1n) is 6.20. The zero-order valence-electron chi connectivity index (χ0n) is 10.7. The van der Waals surface area contributed by atoms with Gasteiger partial charge in [0.05, 0.1) is 12.2 Å². The lowest BCUT2D eigenvalue weighted by Crippen LogP contribution is -2.43. The van der Waals surface area contributed by atoms with E-state index in [0.29, 0.717) is 18.4 Å². The fraction of sp³-hybridized carbons (Fsp3) is 0.538. The van der Waals surface area contributed by atoms with Crippen molar-refractivity contribution in [2.45, 2.75) is 26.3 Å². The maximum Gasteiger partial charge on any atom is 0.191 e. The van der Waals surface area contributed by atoms with Crippen molar-refractivity contribution in [2.75, 3.05) is 13.1 Å². The first-order valence-corrected chi connectivity index (χ1v) is 6.20. The number of piperidine rings is 1. The van der Waals surface area contributed by atoms with E-state index < -0.39 is 0 Å². The molecule has 0 spiro atoms. The highest BCUT2D eigenvalue weighted by Gasteiger charge is 2.17. The lowest BCUT2D eigenvalue weighted by Gasteiger charge is -2.31. The lowest BCUT2D eigenvalue weighted by atomic mass is 10.0. The number of pyridine rings is 1. The Morgan fingerprint density at radius 1 is 1.56 bits per heavy atom. The molecule has 0 aromatic carbocycles. The van der Waals surface area contributed by atoms with Crippen LogP contribution in [0.15, 0.2) is 29.4 Å². The van der Waals surface area contributed by atoms with Crippen molar-refractivity contribution in [3.05, 3.63) is 30.1 Å². The summed E-state index contributed by atoms with van der Waals surface area (Å²) in [5.41, 5.74) is 6.97. The van der Waals surface area contributed by atoms with Crippen molar-refractivity contribution in [3.63, 3.8) is 0 Å². The van der Waals surface area contributed by atoms with Crippen molar-refractivity contribution in [2.24, 2.45) is 16.6 Å². The highest BCUT2D eigenvalue weighted by atomic mass is 127. The molecule has 0 amide bonds. The van der Waals surface area contributed by atoms with Crippen LogP contribution < -0.4 is 5.73 Å². The van der Waals surface area contributed by atoms with Crippen LogP contribution in [0.4, 0.5) is 0 Å². The van der Waals surface area contributed by atoms with Crippen molar-refractivity contribution in [1.82, 2.24) is 9.88 Å². The van der Waals surface area contributed by atoms with Gasteiger partial charge in [0.25, 0.3) is 0 Å². The van der Waals surface area contributed by atoms with Gasteiger partial charge in [0, 0.05) is 19.3 Å². The van der Waals surface area contributed by atoms with E-state index in [0.717, 1.165) is 18.8 Å². The maximum atomic E-state index is 6.01. The average molecular weight is 360 g/mol. The van der Waals surface area contributed by atoms with Gasteiger partial charge in [-0.05, 0) is 30.9 Å². The number of likely N-dealkylation sites (tertiary alicyclic amines) is 1. The minimum Gasteiger partial charge on any atom is -0.370 e. The van der Waals surface area contributed by atoms with E-state index in [1.54, 1.807) is 6.20 Å². The molecule has 0 radical (unpaired) electrons. The smallest absolute Gasteiger partial charge is 0.191 e. The Morgan fingerprint density at radius 3 is 3.06 bits per heavy atom. The van der Waals surface area contributed by atoms with E-state index in [-0.39, 0.29) is 24.0 Å². The predicted octanol–water partition coefficient (Wildman–Crippen LogP) is 2.25. The number of aromatic nitrogens is 1. The molecule has 1 atom stereocenters. The van der Waals surface area contributed by atoms with Gasteiger partial charge in [-0.25, -0.2) is 4.99 Å². The molecule has 1 unspecified atom stereocenters. The molecule has 0 saturated carbocycles. The molecule has 1 aromatic rings. The fourth-order valence-corrected chi connectivity index (χ4v) is 2.15. The van der Waals surface area contributed by atoms with E-state index in [1.807, 2.05) is 18.2 Å². The van der Waals surface area contributed by atoms with Crippen LogP contribution in [0.5, 0.6) is 0 Å². The molecular weight excluding hydrogens is 339 g/mol. The quantitative estimate of drug-likeness (QED) is 0.500. The summed E-state index contributed by atoms with van der Waals surface area (Å²) >= 11 is 0. The zero-order chi connectivity index (χ0) is 12.1. The third-order valence-corrected chi connectivity index (χ3v) is 3.11. The number of guanidine groups is 1. The molecule has 1 saturated heterocycles. The summed E-state index contributed by atoms with van der Waals surface area (Å²) in [6.45, 7) is 4.88. The second kappa shape index (κ2) is 7.56. The monoisotopic (exact) mass is 360 g/mol. The van der Waals surface area contributed by atoms with Crippen LogP contribution >= 0.6 is 24.0 Å². The van der Waals surface area contributed by atoms with Crippen LogP contribution in [0.3, 0.4) is 0 Å². The predicted molar refractivity (Wildman–Crippen MR) is 84.9 cm³/mol. The lowest BCUT2D eigenvalue weighted by molar-refractivity contribution is 0.270. The van der Waals surface area contributed by atoms with Gasteiger partial charge < -0.3 is 10.6 Å². The van der Waals surface area contributed by atoms with Crippen LogP contribution in [0.2, 0.25) is 0 Å². The third kappa shape index (κ3) is 4.44. The molecule has 1 aromatic heterocycles. The van der Waals surface area contributed by atoms with Crippen LogP contribution in [-0.2, 0) is 6.54 Å². The molecule has 2 rings (SSSR count). The first-order chi connectivity index (χ1) is 8.25. The third-order valence-electron chi connectivity index (χ3n) is 3.11. The number of nitrogens with zero attached hydrogens (tertiary/aromatic N) is 3. The Hall–Kier alpha value is -0.850. The Labute approximate surface area is 126 Å². The zero-order valence-corrected chi connectivity index (χ0v) is 13.1. The topological polar surface area (TPSA) is 54.5 Å². The van der Waals surface area contributed by atoms with Crippen molar-refractivity contribution < 1.29 is 0 Å². The number of aliphatic imine (C=N–C) groups is 1. The fourth-order valence-electron chi connectivity index (χ4n) is 2.15. The second-order valence-electron chi connectivity index (χ2n) is 4.69. The van der Waals surface area contributed by atoms with E-state index >= 15 is 0 Å². The van der Waals surface area contributed by atoms with Crippen molar-refractivity contribution in [1.29, 1.82) is 0 Å². The molecule has 2 heterocycles. The van der Waals surface area contributed by atoms with E-state index in [4.69, 9.17) is 5.73 Å². The number of hydrogen-bond acceptors (Lipinski definition) is 2. The summed E-state index contributed by atoms with van der Waals surface area (Å²) in [5, 5.41) is 0. The largest absolute Gasteiger partial charge is 0.370 e. The van der Waals surface area contributed by atoms with Crippen LogP contribution in [0.25, 0.3) is 0 Å². The molecule has 0 aliphatic carbocycles. The minimum absolute atomic E-state index is 0. The van der Waals surface area contributed by atoms with Gasteiger partial charge in [0.1, 0.15) is 0 Å². The molecule has 18 heavy (non-hydrogen) atoms. The minimum atomic E-state index is 0. The summed E-state index contributed by atoms with van der Waals surface area (Å²) in [4.78, 5) is 10.8. The molecule has 100 valence electrons. The second-order valence-corrected chi connectivity index (χ2v) is 4.69. The molecular formula is C13H21IN4. The van der Waals surface area contributed by atoms with Crippen LogP contribution in [0.1, 0.15) is 25.5 Å². The summed E-state index contributed by atoms with van der Waals surface area (Å²) in [6.07, 6.45) is 4.29. The summed E-state index contributed by atoms with van der Waals surface area (Å²) in [7, 11) is 0. The summed E-state index contributed by atoms with van der Waals surface area (Å²) in [6, 6.07) is 5.84. The Bertz CT molecular complexity index is 380. The molecule has 5 heteroatoms. The molecule has 1 fully saturated rings. The first kappa shape index (κ1) is 15.2. The summed E-state index contributed by atoms with van der Waals surface area (Å²) in [5.74, 6) is 1.37. The van der Waals surface area contributed by atoms with Crippen LogP contribution in [-0.4, -0.2) is 28.9 Å². The highest BCUT2D eigenvalue weighted by molar-refractivity contribution is 14.0. The molecule has 4 nitrogen and oxygen atoms in total.